The molecule has 0 fully saturated rings. The van der Waals surface area contributed by atoms with Crippen LogP contribution in [-0.4, -0.2) is 20.8 Å². The molecule has 1 N–H and O–H groups in total. The van der Waals surface area contributed by atoms with Crippen molar-refractivity contribution >= 4 is 33.5 Å². The molecule has 0 amide bonds. The number of pyridine rings is 1. The summed E-state index contributed by atoms with van der Waals surface area (Å²) in [6.07, 6.45) is 1.64. The maximum atomic E-state index is 12.0. The summed E-state index contributed by atoms with van der Waals surface area (Å²) < 4.78 is 0. The van der Waals surface area contributed by atoms with Crippen LogP contribution in [0.15, 0.2) is 29.2 Å². The Morgan fingerprint density at radius 1 is 1.45 bits per heavy atom. The summed E-state index contributed by atoms with van der Waals surface area (Å²) in [6, 6.07) is 4.93. The van der Waals surface area contributed by atoms with Crippen molar-refractivity contribution in [2.75, 3.05) is 5.75 Å². The number of benzene rings is 1. The van der Waals surface area contributed by atoms with Crippen LogP contribution in [0.25, 0.3) is 10.9 Å². The first-order chi connectivity index (χ1) is 10.5. The Morgan fingerprint density at radius 3 is 2.91 bits per heavy atom. The summed E-state index contributed by atoms with van der Waals surface area (Å²) in [5, 5.41) is 11.1. The Labute approximate surface area is 130 Å². The maximum Gasteiger partial charge on any atom is 0.332 e. The van der Waals surface area contributed by atoms with Gasteiger partial charge in [0.2, 0.25) is 0 Å². The minimum Gasteiger partial charge on any atom is -0.355 e. The number of rotatable bonds is 3. The van der Waals surface area contributed by atoms with Gasteiger partial charge in [-0.05, 0) is 18.2 Å². The lowest BCUT2D eigenvalue weighted by Gasteiger charge is -1.98. The zero-order chi connectivity index (χ0) is 16.1. The van der Waals surface area contributed by atoms with Crippen LogP contribution in [0.1, 0.15) is 18.9 Å². The lowest BCUT2D eigenvalue weighted by Crippen LogP contribution is -2.09. The molecule has 0 saturated heterocycles. The normalized spacial score (nSPS) is 10.0. The molecule has 0 radical (unpaired) electrons. The van der Waals surface area contributed by atoms with Crippen molar-refractivity contribution in [3.05, 3.63) is 50.3 Å². The van der Waals surface area contributed by atoms with E-state index in [9.17, 15) is 19.7 Å². The Morgan fingerprint density at radius 2 is 2.23 bits per heavy atom. The summed E-state index contributed by atoms with van der Waals surface area (Å²) >= 11 is 1.21. The van der Waals surface area contributed by atoms with Crippen LogP contribution in [-0.2, 0) is 4.79 Å². The number of fused-ring (bicyclic) bond motifs is 1. The molecule has 0 atom stereocenters. The second-order valence-corrected chi connectivity index (χ2v) is 5.68. The summed E-state index contributed by atoms with van der Waals surface area (Å²) in [5.41, 5.74) is 0.00427. The van der Waals surface area contributed by atoms with Crippen molar-refractivity contribution < 1.29 is 9.72 Å². The number of H-pyrrole nitrogens is 1. The molecule has 1 aromatic heterocycles. The van der Waals surface area contributed by atoms with Crippen molar-refractivity contribution in [2.24, 2.45) is 0 Å². The highest BCUT2D eigenvalue weighted by atomic mass is 32.2. The van der Waals surface area contributed by atoms with Crippen molar-refractivity contribution in [1.29, 1.82) is 0 Å². The smallest absolute Gasteiger partial charge is 0.332 e. The first-order valence-electron chi connectivity index (χ1n) is 6.41. The van der Waals surface area contributed by atoms with Gasteiger partial charge >= 0.3 is 5.69 Å². The minimum absolute atomic E-state index is 0.0475. The fourth-order valence-corrected chi connectivity index (χ4v) is 2.32. The quantitative estimate of drug-likeness (QED) is 0.406. The second-order valence-electron chi connectivity index (χ2n) is 4.41. The van der Waals surface area contributed by atoms with E-state index in [0.717, 1.165) is 6.20 Å². The molecule has 0 unspecified atom stereocenters. The second kappa shape index (κ2) is 6.91. The van der Waals surface area contributed by atoms with E-state index in [1.165, 1.54) is 24.8 Å². The lowest BCUT2D eigenvalue weighted by atomic mass is 10.1. The van der Waals surface area contributed by atoms with Gasteiger partial charge in [0.1, 0.15) is 0 Å². The molecule has 0 aliphatic rings. The number of hydrogen-bond donors (Lipinski definition) is 1. The van der Waals surface area contributed by atoms with Gasteiger partial charge < -0.3 is 4.98 Å². The molecule has 7 heteroatoms. The van der Waals surface area contributed by atoms with E-state index < -0.39 is 16.0 Å². The van der Waals surface area contributed by atoms with Crippen LogP contribution in [0.4, 0.5) is 5.69 Å². The van der Waals surface area contributed by atoms with Gasteiger partial charge in [-0.1, -0.05) is 23.6 Å². The molecular formula is C15H12N2O4S. The molecule has 0 aliphatic heterocycles. The number of aromatic nitrogens is 1. The minimum atomic E-state index is -0.713. The van der Waals surface area contributed by atoms with Gasteiger partial charge in [-0.25, -0.2) is 0 Å². The number of nitro groups is 1. The molecule has 2 aromatic rings. The SMILES string of the molecule is CC(=O)SCCC#Cc1ccc2[nH]cc([N+](=O)[O-])c(=O)c2c1. The molecule has 0 spiro atoms. The predicted molar refractivity (Wildman–Crippen MR) is 85.9 cm³/mol. The zero-order valence-corrected chi connectivity index (χ0v) is 12.5. The van der Waals surface area contributed by atoms with Crippen molar-refractivity contribution in [3.8, 4) is 11.8 Å². The molecule has 6 nitrogen and oxygen atoms in total. The fourth-order valence-electron chi connectivity index (χ4n) is 1.83. The van der Waals surface area contributed by atoms with Crippen LogP contribution in [0, 0.1) is 22.0 Å². The molecule has 0 aliphatic carbocycles. The average molecular weight is 316 g/mol. The third-order valence-corrected chi connectivity index (χ3v) is 3.64. The highest BCUT2D eigenvalue weighted by Gasteiger charge is 2.14. The van der Waals surface area contributed by atoms with Crippen LogP contribution in [0.5, 0.6) is 0 Å². The van der Waals surface area contributed by atoms with E-state index in [1.54, 1.807) is 12.1 Å². The van der Waals surface area contributed by atoms with E-state index in [4.69, 9.17) is 0 Å². The third-order valence-electron chi connectivity index (χ3n) is 2.82. The topological polar surface area (TPSA) is 93.1 Å². The lowest BCUT2D eigenvalue weighted by molar-refractivity contribution is -0.386. The molecule has 22 heavy (non-hydrogen) atoms. The standard InChI is InChI=1S/C15H12N2O4S/c1-10(18)22-7-3-2-4-11-5-6-13-12(8-11)15(19)14(9-16-13)17(20)21/h5-6,8-9H,3,7H2,1H3,(H,16,19). The number of carbonyl (C=O) groups excluding carboxylic acids is 1. The largest absolute Gasteiger partial charge is 0.355 e. The fraction of sp³-hybridized carbons (Fsp3) is 0.200. The Balaban J connectivity index is 2.28. The first kappa shape index (κ1) is 15.8. The molecule has 112 valence electrons. The van der Waals surface area contributed by atoms with E-state index in [2.05, 4.69) is 16.8 Å². The molecule has 2 rings (SSSR count). The first-order valence-corrected chi connectivity index (χ1v) is 7.39. The maximum absolute atomic E-state index is 12.0. The number of carbonyl (C=O) groups is 1. The van der Waals surface area contributed by atoms with Gasteiger partial charge in [0.25, 0.3) is 5.43 Å². The van der Waals surface area contributed by atoms with E-state index in [1.807, 2.05) is 0 Å². The Bertz CT molecular complexity index is 861. The van der Waals surface area contributed by atoms with Crippen LogP contribution in [0.3, 0.4) is 0 Å². The Hall–Kier alpha value is -2.59. The summed E-state index contributed by atoms with van der Waals surface area (Å²) in [6.45, 7) is 1.50. The summed E-state index contributed by atoms with van der Waals surface area (Å²) in [5.74, 6) is 6.41. The van der Waals surface area contributed by atoms with E-state index in [0.29, 0.717) is 23.3 Å². The van der Waals surface area contributed by atoms with E-state index in [-0.39, 0.29) is 10.5 Å². The predicted octanol–water partition coefficient (Wildman–Crippen LogP) is 2.46. The van der Waals surface area contributed by atoms with E-state index >= 15 is 0 Å². The van der Waals surface area contributed by atoms with Crippen LogP contribution >= 0.6 is 11.8 Å². The van der Waals surface area contributed by atoms with Crippen molar-refractivity contribution in [3.63, 3.8) is 0 Å². The number of nitrogens with zero attached hydrogens (tertiary/aromatic N) is 1. The van der Waals surface area contributed by atoms with Gasteiger partial charge in [0.05, 0.1) is 16.5 Å². The summed E-state index contributed by atoms with van der Waals surface area (Å²) in [4.78, 5) is 35.6. The average Bonchev–Trinajstić information content (AvgIpc) is 2.47. The van der Waals surface area contributed by atoms with Gasteiger partial charge in [0.15, 0.2) is 5.12 Å². The number of nitrogens with one attached hydrogen (secondary N) is 1. The van der Waals surface area contributed by atoms with Gasteiger partial charge in [-0.2, -0.15) is 0 Å². The van der Waals surface area contributed by atoms with Gasteiger partial charge in [-0.3, -0.25) is 19.7 Å². The van der Waals surface area contributed by atoms with Crippen LogP contribution < -0.4 is 5.43 Å². The highest BCUT2D eigenvalue weighted by molar-refractivity contribution is 8.13. The monoisotopic (exact) mass is 316 g/mol. The molecule has 0 bridgehead atoms. The van der Waals surface area contributed by atoms with Gasteiger partial charge in [-0.15, -0.1) is 0 Å². The molecular weight excluding hydrogens is 304 g/mol. The van der Waals surface area contributed by atoms with Gasteiger partial charge in [0, 0.05) is 30.2 Å². The van der Waals surface area contributed by atoms with Crippen LogP contribution in [0.2, 0.25) is 0 Å². The Kier molecular flexibility index (Phi) is 4.96. The molecule has 1 aromatic carbocycles. The number of hydrogen-bond acceptors (Lipinski definition) is 5. The van der Waals surface area contributed by atoms with Crippen molar-refractivity contribution in [2.45, 2.75) is 13.3 Å². The number of aromatic amines is 1. The summed E-state index contributed by atoms with van der Waals surface area (Å²) in [7, 11) is 0. The molecule has 0 saturated carbocycles. The highest BCUT2D eigenvalue weighted by Crippen LogP contribution is 2.13. The van der Waals surface area contributed by atoms with Crippen molar-refractivity contribution in [1.82, 2.24) is 4.98 Å². The number of thioether (sulfide) groups is 1. The zero-order valence-electron chi connectivity index (χ0n) is 11.7. The molecule has 1 heterocycles. The third kappa shape index (κ3) is 3.74.